The highest BCUT2D eigenvalue weighted by Crippen LogP contribution is 2.01. The molecule has 0 radical (unpaired) electrons. The van der Waals surface area contributed by atoms with Crippen LogP contribution in [0.3, 0.4) is 0 Å². The van der Waals surface area contributed by atoms with Gasteiger partial charge in [-0.15, -0.1) is 0 Å². The van der Waals surface area contributed by atoms with Crippen molar-refractivity contribution in [1.82, 2.24) is 10.2 Å². The van der Waals surface area contributed by atoms with Crippen LogP contribution in [0.15, 0.2) is 27.7 Å². The lowest BCUT2D eigenvalue weighted by atomic mass is 10.4. The summed E-state index contributed by atoms with van der Waals surface area (Å²) in [6.07, 6.45) is 2.78. The molecule has 0 aliphatic heterocycles. The van der Waals surface area contributed by atoms with E-state index in [0.29, 0.717) is 11.1 Å². The average Bonchev–Trinajstić information content (AvgIpc) is 2.36. The molecule has 2 rings (SSSR count). The number of H-pyrrole nitrogens is 1. The molecule has 0 aliphatic rings. The fraction of sp³-hybridized carbons (Fsp3) is 0. The number of aromatic amines is 1. The zero-order valence-corrected chi connectivity index (χ0v) is 5.00. The standard InChI is InChI=1S/C6H4N2O2/c9-5-1-2-10-6-4(5)3-7-8-6/h1-3H,(H,7,8). The maximum atomic E-state index is 10.9. The Morgan fingerprint density at radius 2 is 2.50 bits per heavy atom. The van der Waals surface area contributed by atoms with Gasteiger partial charge in [-0.25, -0.2) is 5.10 Å². The summed E-state index contributed by atoms with van der Waals surface area (Å²) in [4.78, 5) is 10.9. The Balaban J connectivity index is 3.09. The molecule has 50 valence electrons. The van der Waals surface area contributed by atoms with E-state index in [9.17, 15) is 4.79 Å². The molecule has 0 aliphatic carbocycles. The second-order valence-corrected chi connectivity index (χ2v) is 1.90. The van der Waals surface area contributed by atoms with Crippen LogP contribution >= 0.6 is 0 Å². The highest BCUT2D eigenvalue weighted by molar-refractivity contribution is 5.70. The predicted molar refractivity (Wildman–Crippen MR) is 34.6 cm³/mol. The topological polar surface area (TPSA) is 58.9 Å². The quantitative estimate of drug-likeness (QED) is 0.574. The van der Waals surface area contributed by atoms with Crippen molar-refractivity contribution >= 4 is 11.1 Å². The van der Waals surface area contributed by atoms with Gasteiger partial charge in [-0.05, 0) is 0 Å². The van der Waals surface area contributed by atoms with Gasteiger partial charge in [0.15, 0.2) is 5.43 Å². The van der Waals surface area contributed by atoms with Crippen LogP contribution in [-0.2, 0) is 0 Å². The number of hydrogen-bond acceptors (Lipinski definition) is 3. The maximum Gasteiger partial charge on any atom is 0.225 e. The molecule has 0 saturated heterocycles. The van der Waals surface area contributed by atoms with E-state index in [-0.39, 0.29) is 5.43 Å². The van der Waals surface area contributed by atoms with Gasteiger partial charge < -0.3 is 4.42 Å². The molecule has 0 amide bonds. The van der Waals surface area contributed by atoms with Crippen molar-refractivity contribution in [3.63, 3.8) is 0 Å². The van der Waals surface area contributed by atoms with Crippen LogP contribution in [0.4, 0.5) is 0 Å². The maximum absolute atomic E-state index is 10.9. The van der Waals surface area contributed by atoms with Gasteiger partial charge in [0.05, 0.1) is 12.5 Å². The Hall–Kier alpha value is -1.58. The molecule has 2 aromatic rings. The minimum atomic E-state index is -0.0741. The fourth-order valence-electron chi connectivity index (χ4n) is 0.793. The highest BCUT2D eigenvalue weighted by atomic mass is 16.3. The molecule has 0 unspecified atom stereocenters. The first-order chi connectivity index (χ1) is 4.88. The molecule has 0 fully saturated rings. The smallest absolute Gasteiger partial charge is 0.225 e. The zero-order valence-electron chi connectivity index (χ0n) is 5.00. The van der Waals surface area contributed by atoms with Gasteiger partial charge in [0.25, 0.3) is 0 Å². The monoisotopic (exact) mass is 136 g/mol. The predicted octanol–water partition coefficient (Wildman–Crippen LogP) is 0.516. The van der Waals surface area contributed by atoms with Gasteiger partial charge in [-0.2, -0.15) is 5.10 Å². The Morgan fingerprint density at radius 1 is 1.60 bits per heavy atom. The van der Waals surface area contributed by atoms with Gasteiger partial charge in [0.2, 0.25) is 5.71 Å². The minimum Gasteiger partial charge on any atom is -0.446 e. The summed E-state index contributed by atoms with van der Waals surface area (Å²) < 4.78 is 4.91. The molecule has 0 bridgehead atoms. The normalized spacial score (nSPS) is 10.4. The van der Waals surface area contributed by atoms with Crippen molar-refractivity contribution in [3.8, 4) is 0 Å². The van der Waals surface area contributed by atoms with Gasteiger partial charge in [0, 0.05) is 6.07 Å². The van der Waals surface area contributed by atoms with Gasteiger partial charge >= 0.3 is 0 Å². The van der Waals surface area contributed by atoms with Crippen molar-refractivity contribution in [3.05, 3.63) is 28.7 Å². The first-order valence-electron chi connectivity index (χ1n) is 2.79. The molecule has 0 spiro atoms. The Labute approximate surface area is 55.5 Å². The lowest BCUT2D eigenvalue weighted by molar-refractivity contribution is 0.587. The average molecular weight is 136 g/mol. The van der Waals surface area contributed by atoms with Gasteiger partial charge in [-0.1, -0.05) is 0 Å². The minimum absolute atomic E-state index is 0.0741. The summed E-state index contributed by atoms with van der Waals surface area (Å²) >= 11 is 0. The highest BCUT2D eigenvalue weighted by Gasteiger charge is 1.98. The third kappa shape index (κ3) is 0.556. The van der Waals surface area contributed by atoms with E-state index in [4.69, 9.17) is 4.42 Å². The van der Waals surface area contributed by atoms with E-state index in [1.165, 1.54) is 18.5 Å². The van der Waals surface area contributed by atoms with E-state index in [1.54, 1.807) is 0 Å². The lowest BCUT2D eigenvalue weighted by Crippen LogP contribution is -1.94. The summed E-state index contributed by atoms with van der Waals surface area (Å²) in [5.41, 5.74) is 0.350. The largest absolute Gasteiger partial charge is 0.446 e. The second kappa shape index (κ2) is 1.70. The Morgan fingerprint density at radius 3 is 3.30 bits per heavy atom. The van der Waals surface area contributed by atoms with Gasteiger partial charge in [0.1, 0.15) is 5.39 Å². The molecular weight excluding hydrogens is 132 g/mol. The summed E-state index contributed by atoms with van der Waals surface area (Å²) in [6.45, 7) is 0. The SMILES string of the molecule is O=c1ccoc2[nH]ncc12. The first-order valence-corrected chi connectivity index (χ1v) is 2.79. The van der Waals surface area contributed by atoms with Crippen LogP contribution in [0, 0.1) is 0 Å². The second-order valence-electron chi connectivity index (χ2n) is 1.90. The van der Waals surface area contributed by atoms with E-state index in [2.05, 4.69) is 10.2 Å². The first kappa shape index (κ1) is 5.22. The van der Waals surface area contributed by atoms with Crippen LogP contribution in [0.2, 0.25) is 0 Å². The summed E-state index contributed by atoms with van der Waals surface area (Å²) in [5, 5.41) is 6.68. The van der Waals surface area contributed by atoms with Crippen LogP contribution in [0.1, 0.15) is 0 Å². The van der Waals surface area contributed by atoms with E-state index < -0.39 is 0 Å². The van der Waals surface area contributed by atoms with Crippen molar-refractivity contribution in [2.24, 2.45) is 0 Å². The number of hydrogen-bond donors (Lipinski definition) is 1. The number of fused-ring (bicyclic) bond motifs is 1. The Kier molecular flexibility index (Phi) is 0.887. The Bertz CT molecular complexity index is 401. The van der Waals surface area contributed by atoms with Crippen LogP contribution in [-0.4, -0.2) is 10.2 Å². The van der Waals surface area contributed by atoms with Crippen molar-refractivity contribution in [1.29, 1.82) is 0 Å². The molecule has 0 saturated carbocycles. The van der Waals surface area contributed by atoms with E-state index >= 15 is 0 Å². The van der Waals surface area contributed by atoms with E-state index in [0.717, 1.165) is 0 Å². The van der Waals surface area contributed by atoms with Crippen molar-refractivity contribution < 1.29 is 4.42 Å². The number of nitrogens with one attached hydrogen (secondary N) is 1. The summed E-state index contributed by atoms with van der Waals surface area (Å²) in [5.74, 6) is 0. The van der Waals surface area contributed by atoms with Crippen molar-refractivity contribution in [2.75, 3.05) is 0 Å². The molecule has 4 heteroatoms. The number of rotatable bonds is 0. The fourth-order valence-corrected chi connectivity index (χ4v) is 0.793. The third-order valence-corrected chi connectivity index (χ3v) is 1.28. The van der Waals surface area contributed by atoms with E-state index in [1.807, 2.05) is 0 Å². The van der Waals surface area contributed by atoms with Crippen LogP contribution in [0.25, 0.3) is 11.1 Å². The molecule has 0 atom stereocenters. The molecule has 4 nitrogen and oxygen atoms in total. The molecule has 0 aromatic carbocycles. The number of nitrogens with zero attached hydrogens (tertiary/aromatic N) is 1. The van der Waals surface area contributed by atoms with Crippen LogP contribution in [0.5, 0.6) is 0 Å². The lowest BCUT2D eigenvalue weighted by Gasteiger charge is -1.81. The molecular formula is C6H4N2O2. The number of aromatic nitrogens is 2. The molecule has 2 aromatic heterocycles. The molecule has 10 heavy (non-hydrogen) atoms. The molecule has 2 heterocycles. The van der Waals surface area contributed by atoms with Gasteiger partial charge in [-0.3, -0.25) is 4.79 Å². The zero-order chi connectivity index (χ0) is 6.97. The van der Waals surface area contributed by atoms with Crippen molar-refractivity contribution in [2.45, 2.75) is 0 Å². The van der Waals surface area contributed by atoms with Crippen LogP contribution < -0.4 is 5.43 Å². The third-order valence-electron chi connectivity index (χ3n) is 1.28. The summed E-state index contributed by atoms with van der Waals surface area (Å²) in [6, 6.07) is 1.36. The molecule has 1 N–H and O–H groups in total. The summed E-state index contributed by atoms with van der Waals surface area (Å²) in [7, 11) is 0.